The van der Waals surface area contributed by atoms with E-state index < -0.39 is 0 Å². The van der Waals surface area contributed by atoms with Crippen LogP contribution in [0.1, 0.15) is 23.3 Å². The number of rotatable bonds is 7. The molecule has 3 rings (SSSR count). The highest BCUT2D eigenvalue weighted by atomic mass is 32.1. The van der Waals surface area contributed by atoms with Crippen LogP contribution in [0.5, 0.6) is 0 Å². The molecule has 0 aliphatic carbocycles. The lowest BCUT2D eigenvalue weighted by atomic mass is 10.2. The fourth-order valence-corrected chi connectivity index (χ4v) is 4.25. The van der Waals surface area contributed by atoms with E-state index in [0.717, 1.165) is 32.5 Å². The Balaban J connectivity index is 1.61. The van der Waals surface area contributed by atoms with Gasteiger partial charge in [0.05, 0.1) is 18.2 Å². The first kappa shape index (κ1) is 17.1. The predicted octanol–water partition coefficient (Wildman–Crippen LogP) is 3.30. The van der Waals surface area contributed by atoms with E-state index in [4.69, 9.17) is 10.00 Å². The van der Waals surface area contributed by atoms with Crippen LogP contribution in [0, 0.1) is 11.3 Å². The Morgan fingerprint density at radius 1 is 1.42 bits per heavy atom. The minimum absolute atomic E-state index is 0.0940. The number of amides is 1. The van der Waals surface area contributed by atoms with E-state index in [2.05, 4.69) is 22.4 Å². The minimum Gasteiger partial charge on any atom is -0.377 e. The maximum atomic E-state index is 12.4. The van der Waals surface area contributed by atoms with Crippen molar-refractivity contribution in [2.75, 3.05) is 25.0 Å². The van der Waals surface area contributed by atoms with Crippen LogP contribution >= 0.6 is 22.7 Å². The zero-order valence-electron chi connectivity index (χ0n) is 13.2. The van der Waals surface area contributed by atoms with Gasteiger partial charge in [-0.25, -0.2) is 0 Å². The van der Waals surface area contributed by atoms with Crippen molar-refractivity contribution in [2.24, 2.45) is 0 Å². The van der Waals surface area contributed by atoms with Gasteiger partial charge in [0.25, 0.3) is 0 Å². The summed E-state index contributed by atoms with van der Waals surface area (Å²) in [7, 11) is 0. The molecule has 1 N–H and O–H groups in total. The van der Waals surface area contributed by atoms with Crippen LogP contribution in [0.2, 0.25) is 0 Å². The Morgan fingerprint density at radius 2 is 2.33 bits per heavy atom. The van der Waals surface area contributed by atoms with Crippen LogP contribution in [0.3, 0.4) is 0 Å². The van der Waals surface area contributed by atoms with E-state index in [1.165, 1.54) is 16.2 Å². The van der Waals surface area contributed by atoms with Gasteiger partial charge >= 0.3 is 0 Å². The molecular weight excluding hydrogens is 342 g/mol. The molecule has 126 valence electrons. The van der Waals surface area contributed by atoms with Crippen molar-refractivity contribution in [3.05, 3.63) is 39.4 Å². The second-order valence-electron chi connectivity index (χ2n) is 5.71. The summed E-state index contributed by atoms with van der Waals surface area (Å²) in [4.78, 5) is 15.8. The molecule has 0 radical (unpaired) electrons. The lowest BCUT2D eigenvalue weighted by Gasteiger charge is -2.24. The minimum atomic E-state index is -0.0940. The third kappa shape index (κ3) is 4.65. The topological polar surface area (TPSA) is 65.4 Å². The molecule has 0 saturated carbocycles. The molecule has 3 heterocycles. The summed E-state index contributed by atoms with van der Waals surface area (Å²) in [6.07, 6.45) is 2.34. The molecule has 1 saturated heterocycles. The van der Waals surface area contributed by atoms with Crippen molar-refractivity contribution in [1.29, 1.82) is 5.26 Å². The van der Waals surface area contributed by atoms with Crippen LogP contribution in [0.25, 0.3) is 0 Å². The van der Waals surface area contributed by atoms with Gasteiger partial charge in [-0.15, -0.1) is 22.7 Å². The SMILES string of the molecule is N#Cc1ccsc1NC(=O)CN(Cc1cccs1)C[C@@H]1CCCO1. The van der Waals surface area contributed by atoms with Crippen LogP contribution < -0.4 is 5.32 Å². The van der Waals surface area contributed by atoms with E-state index >= 15 is 0 Å². The van der Waals surface area contributed by atoms with Gasteiger partial charge in [0.2, 0.25) is 5.91 Å². The molecule has 2 aromatic heterocycles. The number of nitrogens with one attached hydrogen (secondary N) is 1. The summed E-state index contributed by atoms with van der Waals surface area (Å²) < 4.78 is 5.72. The number of ether oxygens (including phenoxy) is 1. The monoisotopic (exact) mass is 361 g/mol. The normalized spacial score (nSPS) is 17.1. The van der Waals surface area contributed by atoms with Crippen molar-refractivity contribution in [1.82, 2.24) is 4.90 Å². The van der Waals surface area contributed by atoms with Crippen LogP contribution in [0.15, 0.2) is 29.0 Å². The molecule has 1 amide bonds. The van der Waals surface area contributed by atoms with E-state index in [1.807, 2.05) is 16.8 Å². The lowest BCUT2D eigenvalue weighted by Crippen LogP contribution is -2.37. The van der Waals surface area contributed by atoms with Gasteiger partial charge in [-0.05, 0) is 35.7 Å². The molecular formula is C17H19N3O2S2. The van der Waals surface area contributed by atoms with Crippen molar-refractivity contribution >= 4 is 33.6 Å². The standard InChI is InChI=1S/C17H19N3O2S2/c18-9-13-5-8-24-17(13)19-16(21)12-20(10-14-3-1-6-22-14)11-15-4-2-7-23-15/h2,4-5,7-8,14H,1,3,6,10-12H2,(H,19,21)/t14-/m0/s1. The number of hydrogen-bond donors (Lipinski definition) is 1. The van der Waals surface area contributed by atoms with Crippen LogP contribution in [0.4, 0.5) is 5.00 Å². The second-order valence-corrected chi connectivity index (χ2v) is 7.66. The summed E-state index contributed by atoms with van der Waals surface area (Å²) >= 11 is 3.06. The Hall–Kier alpha value is -1.72. The molecule has 0 bridgehead atoms. The van der Waals surface area contributed by atoms with Gasteiger partial charge in [0, 0.05) is 24.6 Å². The van der Waals surface area contributed by atoms with Crippen molar-refractivity contribution < 1.29 is 9.53 Å². The average molecular weight is 361 g/mol. The van der Waals surface area contributed by atoms with E-state index in [1.54, 1.807) is 17.4 Å². The number of hydrogen-bond acceptors (Lipinski definition) is 6. The smallest absolute Gasteiger partial charge is 0.239 e. The molecule has 1 aliphatic rings. The van der Waals surface area contributed by atoms with E-state index in [9.17, 15) is 4.79 Å². The second kappa shape index (κ2) is 8.40. The largest absolute Gasteiger partial charge is 0.377 e. The molecule has 5 nitrogen and oxygen atoms in total. The third-order valence-electron chi connectivity index (χ3n) is 3.85. The molecule has 0 spiro atoms. The fraction of sp³-hybridized carbons (Fsp3) is 0.412. The summed E-state index contributed by atoms with van der Waals surface area (Å²) in [5.74, 6) is -0.0940. The van der Waals surface area contributed by atoms with Crippen molar-refractivity contribution in [2.45, 2.75) is 25.5 Å². The zero-order valence-corrected chi connectivity index (χ0v) is 14.9. The molecule has 1 fully saturated rings. The highest BCUT2D eigenvalue weighted by Crippen LogP contribution is 2.22. The first-order valence-electron chi connectivity index (χ1n) is 7.88. The van der Waals surface area contributed by atoms with E-state index in [-0.39, 0.29) is 12.0 Å². The summed E-state index contributed by atoms with van der Waals surface area (Å²) in [6.45, 7) is 2.59. The Bertz CT molecular complexity index is 700. The van der Waals surface area contributed by atoms with Gasteiger partial charge in [-0.3, -0.25) is 9.69 Å². The number of anilines is 1. The number of nitriles is 1. The molecule has 24 heavy (non-hydrogen) atoms. The predicted molar refractivity (Wildman–Crippen MR) is 96.2 cm³/mol. The summed E-state index contributed by atoms with van der Waals surface area (Å²) in [6, 6.07) is 7.92. The molecule has 7 heteroatoms. The van der Waals surface area contributed by atoms with Gasteiger partial charge in [-0.1, -0.05) is 6.07 Å². The Morgan fingerprint density at radius 3 is 3.04 bits per heavy atom. The summed E-state index contributed by atoms with van der Waals surface area (Å²) in [5.41, 5.74) is 0.511. The van der Waals surface area contributed by atoms with Gasteiger partial charge in [0.15, 0.2) is 0 Å². The number of carbonyl (C=O) groups is 1. The first-order chi connectivity index (χ1) is 11.7. The van der Waals surface area contributed by atoms with Crippen LogP contribution in [-0.2, 0) is 16.1 Å². The van der Waals surface area contributed by atoms with E-state index in [0.29, 0.717) is 17.1 Å². The maximum Gasteiger partial charge on any atom is 0.239 e. The Labute approximate surface area is 149 Å². The van der Waals surface area contributed by atoms with Gasteiger partial charge in [0.1, 0.15) is 11.1 Å². The quantitative estimate of drug-likeness (QED) is 0.822. The number of thiophene rings is 2. The highest BCUT2D eigenvalue weighted by Gasteiger charge is 2.21. The molecule has 2 aromatic rings. The fourth-order valence-electron chi connectivity index (χ4n) is 2.75. The molecule has 1 atom stereocenters. The third-order valence-corrected chi connectivity index (χ3v) is 5.54. The lowest BCUT2D eigenvalue weighted by molar-refractivity contribution is -0.117. The molecule has 0 unspecified atom stereocenters. The zero-order chi connectivity index (χ0) is 16.8. The first-order valence-corrected chi connectivity index (χ1v) is 9.64. The van der Waals surface area contributed by atoms with Crippen LogP contribution in [-0.4, -0.2) is 36.6 Å². The van der Waals surface area contributed by atoms with Gasteiger partial charge in [-0.2, -0.15) is 5.26 Å². The number of nitrogens with zero attached hydrogens (tertiary/aromatic N) is 2. The average Bonchev–Trinajstić information content (AvgIpc) is 3.29. The maximum absolute atomic E-state index is 12.4. The van der Waals surface area contributed by atoms with Crippen molar-refractivity contribution in [3.8, 4) is 6.07 Å². The van der Waals surface area contributed by atoms with Gasteiger partial charge < -0.3 is 10.1 Å². The highest BCUT2D eigenvalue weighted by molar-refractivity contribution is 7.14. The summed E-state index contributed by atoms with van der Waals surface area (Å²) in [5, 5.41) is 16.4. The molecule has 0 aromatic carbocycles. The number of carbonyl (C=O) groups excluding carboxylic acids is 1. The molecule has 1 aliphatic heterocycles. The van der Waals surface area contributed by atoms with Crippen molar-refractivity contribution in [3.63, 3.8) is 0 Å². The Kier molecular flexibility index (Phi) is 5.99.